The van der Waals surface area contributed by atoms with Gasteiger partial charge in [0.05, 0.1) is 37.5 Å². The Morgan fingerprint density at radius 2 is 1.94 bits per heavy atom. The minimum atomic E-state index is -1.72. The number of likely N-dealkylation sites (N-methyl/N-ethyl adjacent to an activating group) is 2. The van der Waals surface area contributed by atoms with E-state index in [4.69, 9.17) is 35.3 Å². The fourth-order valence-corrected chi connectivity index (χ4v) is 7.05. The fourth-order valence-electron chi connectivity index (χ4n) is 6.73. The Balaban J connectivity index is 1.77. The van der Waals surface area contributed by atoms with Crippen molar-refractivity contribution in [1.29, 1.82) is 0 Å². The first-order valence-corrected chi connectivity index (χ1v) is 17.4. The third kappa shape index (κ3) is 8.77. The van der Waals surface area contributed by atoms with Crippen molar-refractivity contribution in [2.24, 2.45) is 5.92 Å². The van der Waals surface area contributed by atoms with Crippen LogP contribution in [0.3, 0.4) is 0 Å². The molecule has 10 unspecified atom stereocenters. The smallest absolute Gasteiger partial charge is 0.328 e. The van der Waals surface area contributed by atoms with Gasteiger partial charge in [0, 0.05) is 33.5 Å². The van der Waals surface area contributed by atoms with Crippen molar-refractivity contribution in [2.45, 2.75) is 108 Å². The summed E-state index contributed by atoms with van der Waals surface area (Å²) in [5.41, 5.74) is -0.746. The number of aliphatic hydroxyl groups excluding tert-OH is 1. The minimum Gasteiger partial charge on any atom is -0.495 e. The lowest BCUT2D eigenvalue weighted by molar-refractivity contribution is -0.271. The standard InChI is InChI=1S/C36H53ClN4O10/c1-19-12-11-13-27(48-10)36(46)18-26(49-34(45)39-36)20(2)31-35(5,51-31)28(50-33(44)22(4)40(7)32(43)21(3)38-6)17-29(42)41(8)24-15-23(14-19)16-25(47-9)30(24)37/h11-13,15-16,20-22,26-28,31,34,38-39,45-46H,14,17-18H2,1-10H3/b13-11+,19-12+. The highest BCUT2D eigenvalue weighted by Gasteiger charge is 2.64. The molecular formula is C36H53ClN4O10. The van der Waals surface area contributed by atoms with E-state index in [1.165, 1.54) is 31.1 Å². The second kappa shape index (κ2) is 16.3. The second-order valence-corrected chi connectivity index (χ2v) is 14.3. The maximum absolute atomic E-state index is 14.1. The lowest BCUT2D eigenvalue weighted by Crippen LogP contribution is -2.65. The summed E-state index contributed by atoms with van der Waals surface area (Å²) >= 11 is 6.75. The first kappa shape index (κ1) is 40.7. The number of hydrogen-bond acceptors (Lipinski definition) is 12. The van der Waals surface area contributed by atoms with Crippen LogP contribution >= 0.6 is 11.6 Å². The summed E-state index contributed by atoms with van der Waals surface area (Å²) in [6, 6.07) is 2.07. The second-order valence-electron chi connectivity index (χ2n) is 14.0. The summed E-state index contributed by atoms with van der Waals surface area (Å²) < 4.78 is 29.4. The minimum absolute atomic E-state index is 0.0105. The van der Waals surface area contributed by atoms with Crippen molar-refractivity contribution in [3.05, 3.63) is 46.5 Å². The molecule has 284 valence electrons. The average molecular weight is 737 g/mol. The predicted octanol–water partition coefficient (Wildman–Crippen LogP) is 2.28. The molecule has 15 heteroatoms. The maximum Gasteiger partial charge on any atom is 0.328 e. The van der Waals surface area contributed by atoms with Crippen LogP contribution in [0.2, 0.25) is 5.02 Å². The van der Waals surface area contributed by atoms with Gasteiger partial charge in [-0.15, -0.1) is 0 Å². The molecule has 0 aromatic heterocycles. The highest BCUT2D eigenvalue weighted by atomic mass is 35.5. The molecule has 2 amide bonds. The van der Waals surface area contributed by atoms with Crippen LogP contribution in [0.1, 0.15) is 53.0 Å². The summed E-state index contributed by atoms with van der Waals surface area (Å²) in [5.74, 6) is -1.55. The molecule has 1 aromatic rings. The Bertz CT molecular complexity index is 1520. The van der Waals surface area contributed by atoms with Gasteiger partial charge in [0.1, 0.15) is 34.6 Å². The van der Waals surface area contributed by atoms with Crippen molar-refractivity contribution >= 4 is 35.1 Å². The van der Waals surface area contributed by atoms with E-state index >= 15 is 0 Å². The number of nitrogens with zero attached hydrogens (tertiary/aromatic N) is 2. The van der Waals surface area contributed by atoms with Crippen molar-refractivity contribution in [3.8, 4) is 5.75 Å². The number of benzene rings is 1. The van der Waals surface area contributed by atoms with Gasteiger partial charge in [-0.3, -0.25) is 9.59 Å². The lowest BCUT2D eigenvalue weighted by Gasteiger charge is -2.44. The largest absolute Gasteiger partial charge is 0.495 e. The van der Waals surface area contributed by atoms with Crippen LogP contribution in [-0.2, 0) is 39.8 Å². The Morgan fingerprint density at radius 3 is 2.57 bits per heavy atom. The zero-order valence-electron chi connectivity index (χ0n) is 31.1. The van der Waals surface area contributed by atoms with E-state index in [-0.39, 0.29) is 23.8 Å². The first-order valence-electron chi connectivity index (χ1n) is 17.1. The van der Waals surface area contributed by atoms with Crippen LogP contribution in [0.5, 0.6) is 5.75 Å². The van der Waals surface area contributed by atoms with Gasteiger partial charge in [-0.2, -0.15) is 0 Å². The molecule has 3 aliphatic heterocycles. The van der Waals surface area contributed by atoms with Crippen LogP contribution in [0.25, 0.3) is 0 Å². The summed E-state index contributed by atoms with van der Waals surface area (Å²) in [6.45, 7) is 8.74. The molecule has 1 aromatic carbocycles. The van der Waals surface area contributed by atoms with E-state index in [0.29, 0.717) is 17.9 Å². The normalized spacial score (nSPS) is 34.3. The van der Waals surface area contributed by atoms with E-state index in [1.54, 1.807) is 59.2 Å². The van der Waals surface area contributed by atoms with E-state index in [0.717, 1.165) is 11.1 Å². The quantitative estimate of drug-likeness (QED) is 0.238. The van der Waals surface area contributed by atoms with Crippen LogP contribution in [0, 0.1) is 5.92 Å². The van der Waals surface area contributed by atoms with Crippen molar-refractivity contribution in [1.82, 2.24) is 15.5 Å². The summed E-state index contributed by atoms with van der Waals surface area (Å²) in [5, 5.41) is 28.3. The van der Waals surface area contributed by atoms with Gasteiger partial charge in [0.2, 0.25) is 18.2 Å². The molecule has 2 fully saturated rings. The number of esters is 1. The number of anilines is 1. The number of epoxide rings is 1. The van der Waals surface area contributed by atoms with Crippen molar-refractivity contribution in [2.75, 3.05) is 40.3 Å². The number of allylic oxidation sites excluding steroid dienone is 3. The molecule has 4 rings (SSSR count). The van der Waals surface area contributed by atoms with Crippen molar-refractivity contribution in [3.63, 3.8) is 0 Å². The Kier molecular flexibility index (Phi) is 13.0. The zero-order valence-corrected chi connectivity index (χ0v) is 31.8. The molecule has 0 spiro atoms. The predicted molar refractivity (Wildman–Crippen MR) is 190 cm³/mol. The van der Waals surface area contributed by atoms with Gasteiger partial charge in [0.15, 0.2) is 5.72 Å². The lowest BCUT2D eigenvalue weighted by atomic mass is 9.83. The van der Waals surface area contributed by atoms with Gasteiger partial charge < -0.3 is 49.0 Å². The Labute approximate surface area is 305 Å². The topological polar surface area (TPSA) is 172 Å². The molecule has 0 radical (unpaired) electrons. The molecule has 3 aliphatic rings. The number of nitrogens with one attached hydrogen (secondary N) is 2. The maximum atomic E-state index is 14.1. The highest BCUT2D eigenvalue weighted by molar-refractivity contribution is 6.35. The van der Waals surface area contributed by atoms with Crippen LogP contribution in [-0.4, -0.2) is 122 Å². The molecule has 10 atom stereocenters. The molecule has 4 N–H and O–H groups in total. The fraction of sp³-hybridized carbons (Fsp3) is 0.639. The van der Waals surface area contributed by atoms with E-state index in [9.17, 15) is 24.6 Å². The van der Waals surface area contributed by atoms with E-state index < -0.39 is 72.0 Å². The Hall–Kier alpha value is -3.08. The summed E-state index contributed by atoms with van der Waals surface area (Å²) in [6.07, 6.45) is 0.653. The number of carbonyl (C=O) groups is 3. The molecule has 51 heavy (non-hydrogen) atoms. The number of aliphatic hydroxyl groups is 2. The number of fused-ring (bicyclic) bond motifs is 5. The summed E-state index contributed by atoms with van der Waals surface area (Å²) in [7, 11) is 7.69. The molecule has 3 heterocycles. The van der Waals surface area contributed by atoms with Gasteiger partial charge >= 0.3 is 5.97 Å². The number of ether oxygens (including phenoxy) is 5. The highest BCUT2D eigenvalue weighted by Crippen LogP contribution is 2.49. The van der Waals surface area contributed by atoms with Gasteiger partial charge in [-0.25, -0.2) is 10.1 Å². The van der Waals surface area contributed by atoms with Crippen LogP contribution in [0.15, 0.2) is 35.9 Å². The number of halogens is 1. The molecular weight excluding hydrogens is 684 g/mol. The number of carbonyl (C=O) groups excluding carboxylic acids is 3. The van der Waals surface area contributed by atoms with E-state index in [1.807, 2.05) is 19.9 Å². The average Bonchev–Trinajstić information content (AvgIpc) is 3.79. The SMILES string of the molecule is CNC(C)C(=O)N(C)C(C)C(=O)OC1CC(=O)N(C)c2cc(cc(OC)c2Cl)C/C(C)=C/C=C/C(OC)C2(O)CC(OC(O)N2)C(C)C2OC12C. The van der Waals surface area contributed by atoms with Gasteiger partial charge in [-0.1, -0.05) is 42.3 Å². The molecule has 14 nitrogen and oxygen atoms in total. The Morgan fingerprint density at radius 1 is 1.25 bits per heavy atom. The zero-order chi connectivity index (χ0) is 38.0. The number of methoxy groups -OCH3 is 2. The van der Waals surface area contributed by atoms with Gasteiger partial charge in [-0.05, 0) is 58.9 Å². The summed E-state index contributed by atoms with van der Waals surface area (Å²) in [4.78, 5) is 43.3. The number of rotatable bonds is 7. The molecule has 0 saturated carbocycles. The number of hydrogen-bond donors (Lipinski definition) is 4. The van der Waals surface area contributed by atoms with E-state index in [2.05, 4.69) is 10.6 Å². The van der Waals surface area contributed by atoms with Gasteiger partial charge in [0.25, 0.3) is 0 Å². The van der Waals surface area contributed by atoms with Crippen LogP contribution in [0.4, 0.5) is 5.69 Å². The van der Waals surface area contributed by atoms with Crippen LogP contribution < -0.4 is 20.3 Å². The third-order valence-electron chi connectivity index (χ3n) is 10.4. The monoisotopic (exact) mass is 736 g/mol. The molecule has 4 bridgehead atoms. The third-order valence-corrected chi connectivity index (χ3v) is 10.8. The molecule has 0 aliphatic carbocycles. The first-order chi connectivity index (χ1) is 23.9. The van der Waals surface area contributed by atoms with Crippen molar-refractivity contribution < 1.29 is 48.3 Å². The molecule has 2 saturated heterocycles. The number of amides is 2.